The van der Waals surface area contributed by atoms with E-state index in [1.165, 1.54) is 0 Å². The third-order valence-electron chi connectivity index (χ3n) is 2.68. The fourth-order valence-corrected chi connectivity index (χ4v) is 1.81. The number of rotatable bonds is 5. The smallest absolute Gasteiger partial charge is 0.178 e. The molecule has 0 aliphatic rings. The zero-order valence-electron chi connectivity index (χ0n) is 10.5. The van der Waals surface area contributed by atoms with Crippen molar-refractivity contribution in [2.45, 2.75) is 20.8 Å². The lowest BCUT2D eigenvalue weighted by Gasteiger charge is -2.17. The van der Waals surface area contributed by atoms with Crippen LogP contribution in [0.4, 0.5) is 0 Å². The van der Waals surface area contributed by atoms with Crippen LogP contribution in [0, 0.1) is 6.92 Å². The molecule has 0 fully saturated rings. The maximum absolute atomic E-state index is 12.0. The van der Waals surface area contributed by atoms with Gasteiger partial charge >= 0.3 is 0 Å². The molecular formula is C13H19Cl2NO. The summed E-state index contributed by atoms with van der Waals surface area (Å²) in [7, 11) is 0. The van der Waals surface area contributed by atoms with Crippen LogP contribution in [0.2, 0.25) is 5.02 Å². The molecule has 0 atom stereocenters. The van der Waals surface area contributed by atoms with Crippen molar-refractivity contribution in [3.05, 3.63) is 34.3 Å². The second-order valence-electron chi connectivity index (χ2n) is 3.87. The van der Waals surface area contributed by atoms with Crippen molar-refractivity contribution in [1.82, 2.24) is 4.90 Å². The van der Waals surface area contributed by atoms with Gasteiger partial charge in [-0.1, -0.05) is 37.1 Å². The molecule has 17 heavy (non-hydrogen) atoms. The van der Waals surface area contributed by atoms with Crippen molar-refractivity contribution in [2.75, 3.05) is 19.6 Å². The van der Waals surface area contributed by atoms with Crippen LogP contribution in [0.15, 0.2) is 18.2 Å². The Morgan fingerprint density at radius 1 is 1.29 bits per heavy atom. The standard InChI is InChI=1S/C13H18ClNO.ClH/c1-4-15(5-2)9-13(16)11-8-10(3)6-7-12(11)14;/h6-8H,4-5,9H2,1-3H3;1H. The molecule has 0 unspecified atom stereocenters. The number of aryl methyl sites for hydroxylation is 1. The number of hydrogen-bond donors (Lipinski definition) is 0. The Kier molecular flexibility index (Phi) is 7.44. The lowest BCUT2D eigenvalue weighted by Crippen LogP contribution is -2.29. The monoisotopic (exact) mass is 275 g/mol. The Morgan fingerprint density at radius 2 is 1.88 bits per heavy atom. The zero-order valence-corrected chi connectivity index (χ0v) is 12.1. The van der Waals surface area contributed by atoms with Gasteiger partial charge in [0, 0.05) is 5.56 Å². The van der Waals surface area contributed by atoms with Crippen molar-refractivity contribution >= 4 is 29.8 Å². The number of carbonyl (C=O) groups excluding carboxylic acids is 1. The number of ketones is 1. The van der Waals surface area contributed by atoms with Gasteiger partial charge in [0.2, 0.25) is 0 Å². The van der Waals surface area contributed by atoms with Crippen LogP contribution in [-0.4, -0.2) is 30.3 Å². The molecule has 0 aromatic heterocycles. The highest BCUT2D eigenvalue weighted by Gasteiger charge is 2.13. The maximum Gasteiger partial charge on any atom is 0.178 e. The molecule has 0 saturated carbocycles. The largest absolute Gasteiger partial charge is 0.296 e. The Morgan fingerprint density at radius 3 is 2.41 bits per heavy atom. The molecule has 0 saturated heterocycles. The van der Waals surface area contributed by atoms with Gasteiger partial charge in [-0.05, 0) is 32.1 Å². The summed E-state index contributed by atoms with van der Waals surface area (Å²) in [5.41, 5.74) is 1.70. The highest BCUT2D eigenvalue weighted by atomic mass is 35.5. The summed E-state index contributed by atoms with van der Waals surface area (Å²) in [5, 5.41) is 0.544. The third kappa shape index (κ3) is 4.66. The van der Waals surface area contributed by atoms with Crippen molar-refractivity contribution in [2.24, 2.45) is 0 Å². The van der Waals surface area contributed by atoms with E-state index in [2.05, 4.69) is 18.7 Å². The van der Waals surface area contributed by atoms with E-state index in [0.717, 1.165) is 18.7 Å². The molecule has 2 nitrogen and oxygen atoms in total. The van der Waals surface area contributed by atoms with Gasteiger partial charge in [0.15, 0.2) is 5.78 Å². The summed E-state index contributed by atoms with van der Waals surface area (Å²) in [6.07, 6.45) is 0. The summed E-state index contributed by atoms with van der Waals surface area (Å²) in [6.45, 7) is 8.27. The second kappa shape index (κ2) is 7.70. The van der Waals surface area contributed by atoms with Gasteiger partial charge in [-0.25, -0.2) is 0 Å². The summed E-state index contributed by atoms with van der Waals surface area (Å²) in [6, 6.07) is 5.55. The molecule has 1 aromatic carbocycles. The number of nitrogens with zero attached hydrogens (tertiary/aromatic N) is 1. The Labute approximate surface area is 114 Å². The van der Waals surface area contributed by atoms with E-state index >= 15 is 0 Å². The fraction of sp³-hybridized carbons (Fsp3) is 0.462. The van der Waals surface area contributed by atoms with Gasteiger partial charge in [0.1, 0.15) is 0 Å². The average molecular weight is 276 g/mol. The molecule has 0 aliphatic heterocycles. The van der Waals surface area contributed by atoms with Crippen molar-refractivity contribution in [1.29, 1.82) is 0 Å². The maximum atomic E-state index is 12.0. The topological polar surface area (TPSA) is 20.3 Å². The van der Waals surface area contributed by atoms with Crippen LogP contribution in [0.3, 0.4) is 0 Å². The molecule has 1 rings (SSSR count). The minimum atomic E-state index is 0. The first-order valence-corrected chi connectivity index (χ1v) is 5.98. The first-order chi connectivity index (χ1) is 7.58. The third-order valence-corrected chi connectivity index (χ3v) is 3.01. The quantitative estimate of drug-likeness (QED) is 0.766. The lowest BCUT2D eigenvalue weighted by molar-refractivity contribution is 0.0937. The number of Topliss-reactive ketones (excluding diaryl/α,β-unsaturated/α-hetero) is 1. The van der Waals surface area contributed by atoms with Gasteiger partial charge in [0.05, 0.1) is 11.6 Å². The Hall–Kier alpha value is -0.570. The molecule has 0 amide bonds. The fourth-order valence-electron chi connectivity index (χ4n) is 1.59. The van der Waals surface area contributed by atoms with E-state index in [4.69, 9.17) is 11.6 Å². The number of hydrogen-bond acceptors (Lipinski definition) is 2. The number of halogens is 2. The van der Waals surface area contributed by atoms with Crippen LogP contribution < -0.4 is 0 Å². The van der Waals surface area contributed by atoms with Gasteiger partial charge in [-0.2, -0.15) is 0 Å². The summed E-state index contributed by atoms with van der Waals surface area (Å²) >= 11 is 6.02. The minimum Gasteiger partial charge on any atom is -0.296 e. The first kappa shape index (κ1) is 16.4. The molecule has 96 valence electrons. The highest BCUT2D eigenvalue weighted by molar-refractivity contribution is 6.34. The normalized spacial score (nSPS) is 10.2. The average Bonchev–Trinajstić information content (AvgIpc) is 2.28. The molecule has 0 radical (unpaired) electrons. The molecule has 0 spiro atoms. The molecule has 0 N–H and O–H groups in total. The SMILES string of the molecule is CCN(CC)CC(=O)c1cc(C)ccc1Cl.Cl. The molecular weight excluding hydrogens is 257 g/mol. The van der Waals surface area contributed by atoms with Crippen LogP contribution in [0.5, 0.6) is 0 Å². The number of benzene rings is 1. The van der Waals surface area contributed by atoms with Gasteiger partial charge < -0.3 is 0 Å². The highest BCUT2D eigenvalue weighted by Crippen LogP contribution is 2.18. The van der Waals surface area contributed by atoms with E-state index in [1.807, 2.05) is 19.1 Å². The van der Waals surface area contributed by atoms with Crippen LogP contribution in [0.25, 0.3) is 0 Å². The van der Waals surface area contributed by atoms with Crippen LogP contribution >= 0.6 is 24.0 Å². The van der Waals surface area contributed by atoms with Crippen molar-refractivity contribution in [3.63, 3.8) is 0 Å². The summed E-state index contributed by atoms with van der Waals surface area (Å²) in [4.78, 5) is 14.1. The van der Waals surface area contributed by atoms with Crippen LogP contribution in [0.1, 0.15) is 29.8 Å². The van der Waals surface area contributed by atoms with E-state index < -0.39 is 0 Å². The van der Waals surface area contributed by atoms with E-state index in [9.17, 15) is 4.79 Å². The Bertz CT molecular complexity index is 376. The lowest BCUT2D eigenvalue weighted by atomic mass is 10.1. The van der Waals surface area contributed by atoms with E-state index in [1.54, 1.807) is 6.07 Å². The predicted molar refractivity (Wildman–Crippen MR) is 75.6 cm³/mol. The van der Waals surface area contributed by atoms with E-state index in [0.29, 0.717) is 17.1 Å². The van der Waals surface area contributed by atoms with Gasteiger partial charge in [0.25, 0.3) is 0 Å². The molecule has 1 aromatic rings. The Balaban J connectivity index is 0.00000256. The molecule has 0 bridgehead atoms. The second-order valence-corrected chi connectivity index (χ2v) is 4.28. The number of carbonyl (C=O) groups is 1. The number of likely N-dealkylation sites (N-methyl/N-ethyl adjacent to an activating group) is 1. The summed E-state index contributed by atoms with van der Waals surface area (Å²) < 4.78 is 0. The van der Waals surface area contributed by atoms with E-state index in [-0.39, 0.29) is 18.2 Å². The van der Waals surface area contributed by atoms with Crippen LogP contribution in [-0.2, 0) is 0 Å². The van der Waals surface area contributed by atoms with Crippen molar-refractivity contribution < 1.29 is 4.79 Å². The molecule has 0 aliphatic carbocycles. The zero-order chi connectivity index (χ0) is 12.1. The van der Waals surface area contributed by atoms with Crippen molar-refractivity contribution in [3.8, 4) is 0 Å². The first-order valence-electron chi connectivity index (χ1n) is 5.60. The summed E-state index contributed by atoms with van der Waals surface area (Å²) in [5.74, 6) is 0.0948. The molecule has 0 heterocycles. The predicted octanol–water partition coefficient (Wildman–Crippen LogP) is 3.59. The minimum absolute atomic E-state index is 0. The molecule has 4 heteroatoms. The van der Waals surface area contributed by atoms with Gasteiger partial charge in [-0.3, -0.25) is 9.69 Å². The van der Waals surface area contributed by atoms with Gasteiger partial charge in [-0.15, -0.1) is 12.4 Å².